The Hall–Kier alpha value is -3.80. The van der Waals surface area contributed by atoms with Crippen LogP contribution in [0.3, 0.4) is 0 Å². The molecule has 1 aliphatic heterocycles. The standard InChI is InChI=1S/C25H24N2O4/c1-29-21-12-8-19(9-13-21)24-26-23(25(28)30-2)16-27(24)20-10-14-22(15-11-20)31-17-18-6-4-3-5-7-18/h3-15,23H,16-17H2,1-2H3. The highest BCUT2D eigenvalue weighted by atomic mass is 16.5. The van der Waals surface area contributed by atoms with E-state index < -0.39 is 6.04 Å². The molecule has 1 atom stereocenters. The van der Waals surface area contributed by atoms with Gasteiger partial charge in [0.05, 0.1) is 20.8 Å². The second kappa shape index (κ2) is 9.34. The molecule has 6 heteroatoms. The summed E-state index contributed by atoms with van der Waals surface area (Å²) in [7, 11) is 3.01. The van der Waals surface area contributed by atoms with Gasteiger partial charge in [0, 0.05) is 11.3 Å². The van der Waals surface area contributed by atoms with E-state index in [2.05, 4.69) is 4.99 Å². The fourth-order valence-corrected chi connectivity index (χ4v) is 3.44. The number of hydrogen-bond donors (Lipinski definition) is 0. The molecule has 0 aromatic heterocycles. The van der Waals surface area contributed by atoms with Gasteiger partial charge in [-0.15, -0.1) is 0 Å². The summed E-state index contributed by atoms with van der Waals surface area (Å²) in [5, 5.41) is 0. The Kier molecular flexibility index (Phi) is 6.17. The fraction of sp³-hybridized carbons (Fsp3) is 0.200. The Bertz CT molecular complexity index is 1050. The highest BCUT2D eigenvalue weighted by molar-refractivity contribution is 6.13. The quantitative estimate of drug-likeness (QED) is 0.543. The molecule has 6 nitrogen and oxygen atoms in total. The smallest absolute Gasteiger partial charge is 0.332 e. The van der Waals surface area contributed by atoms with E-state index in [1.165, 1.54) is 7.11 Å². The van der Waals surface area contributed by atoms with Crippen LogP contribution in [0.1, 0.15) is 11.1 Å². The van der Waals surface area contributed by atoms with Crippen LogP contribution in [0, 0.1) is 0 Å². The predicted octanol–water partition coefficient (Wildman–Crippen LogP) is 4.08. The van der Waals surface area contributed by atoms with Crippen LogP contribution in [0.25, 0.3) is 0 Å². The van der Waals surface area contributed by atoms with Gasteiger partial charge in [-0.05, 0) is 54.1 Å². The lowest BCUT2D eigenvalue weighted by atomic mass is 10.1. The van der Waals surface area contributed by atoms with Gasteiger partial charge in [0.15, 0.2) is 6.04 Å². The van der Waals surface area contributed by atoms with Gasteiger partial charge in [-0.1, -0.05) is 30.3 Å². The molecule has 0 spiro atoms. The van der Waals surface area contributed by atoms with Gasteiger partial charge in [0.25, 0.3) is 0 Å². The second-order valence-corrected chi connectivity index (χ2v) is 7.10. The van der Waals surface area contributed by atoms with Crippen LogP contribution in [-0.2, 0) is 16.1 Å². The summed E-state index contributed by atoms with van der Waals surface area (Å²) < 4.78 is 16.1. The van der Waals surface area contributed by atoms with Crippen molar-refractivity contribution in [3.05, 3.63) is 90.0 Å². The normalized spacial score (nSPS) is 15.4. The monoisotopic (exact) mass is 416 g/mol. The van der Waals surface area contributed by atoms with Crippen molar-refractivity contribution in [1.82, 2.24) is 0 Å². The first-order chi connectivity index (χ1) is 15.2. The third-order valence-electron chi connectivity index (χ3n) is 5.11. The summed E-state index contributed by atoms with van der Waals surface area (Å²) in [6.45, 7) is 0.922. The van der Waals surface area contributed by atoms with Crippen molar-refractivity contribution in [2.24, 2.45) is 4.99 Å². The molecule has 1 unspecified atom stereocenters. The van der Waals surface area contributed by atoms with Crippen molar-refractivity contribution in [2.75, 3.05) is 25.7 Å². The Balaban J connectivity index is 1.54. The highest BCUT2D eigenvalue weighted by Gasteiger charge is 2.32. The number of amidine groups is 1. The first-order valence-corrected chi connectivity index (χ1v) is 10.0. The van der Waals surface area contributed by atoms with Crippen molar-refractivity contribution in [2.45, 2.75) is 12.6 Å². The van der Waals surface area contributed by atoms with E-state index in [1.54, 1.807) is 7.11 Å². The van der Waals surface area contributed by atoms with Crippen molar-refractivity contribution >= 4 is 17.5 Å². The number of carbonyl (C=O) groups is 1. The number of esters is 1. The molecule has 4 rings (SSSR count). The molecule has 0 saturated heterocycles. The van der Waals surface area contributed by atoms with Gasteiger partial charge >= 0.3 is 5.97 Å². The third kappa shape index (κ3) is 4.69. The van der Waals surface area contributed by atoms with E-state index >= 15 is 0 Å². The molecule has 0 radical (unpaired) electrons. The summed E-state index contributed by atoms with van der Waals surface area (Å²) in [6.07, 6.45) is 0. The maximum atomic E-state index is 12.1. The second-order valence-electron chi connectivity index (χ2n) is 7.10. The van der Waals surface area contributed by atoms with Crippen molar-refractivity contribution in [1.29, 1.82) is 0 Å². The highest BCUT2D eigenvalue weighted by Crippen LogP contribution is 2.27. The number of benzene rings is 3. The molecule has 0 N–H and O–H groups in total. The number of anilines is 1. The Morgan fingerprint density at radius 3 is 2.26 bits per heavy atom. The van der Waals surface area contributed by atoms with Crippen LogP contribution in [-0.4, -0.2) is 38.6 Å². The van der Waals surface area contributed by atoms with Gasteiger partial charge in [0.2, 0.25) is 0 Å². The predicted molar refractivity (Wildman–Crippen MR) is 120 cm³/mol. The van der Waals surface area contributed by atoms with Crippen LogP contribution in [0.5, 0.6) is 11.5 Å². The summed E-state index contributed by atoms with van der Waals surface area (Å²) in [6, 6.07) is 24.9. The van der Waals surface area contributed by atoms with Crippen LogP contribution in [0.2, 0.25) is 0 Å². The van der Waals surface area contributed by atoms with E-state index in [0.717, 1.165) is 34.1 Å². The molecule has 1 heterocycles. The Labute approximate surface area is 181 Å². The van der Waals surface area contributed by atoms with E-state index in [9.17, 15) is 4.79 Å². The maximum absolute atomic E-state index is 12.1. The fourth-order valence-electron chi connectivity index (χ4n) is 3.44. The van der Waals surface area contributed by atoms with Gasteiger partial charge in [-0.3, -0.25) is 4.99 Å². The number of carbonyl (C=O) groups excluding carboxylic acids is 1. The largest absolute Gasteiger partial charge is 0.497 e. The van der Waals surface area contributed by atoms with Gasteiger partial charge in [-0.2, -0.15) is 0 Å². The molecular formula is C25H24N2O4. The molecule has 0 saturated carbocycles. The average molecular weight is 416 g/mol. The van der Waals surface area contributed by atoms with E-state index in [-0.39, 0.29) is 5.97 Å². The zero-order valence-corrected chi connectivity index (χ0v) is 17.5. The molecule has 158 valence electrons. The van der Waals surface area contributed by atoms with Gasteiger partial charge in [-0.25, -0.2) is 4.79 Å². The third-order valence-corrected chi connectivity index (χ3v) is 5.11. The number of nitrogens with zero attached hydrogens (tertiary/aromatic N) is 2. The molecule has 31 heavy (non-hydrogen) atoms. The summed E-state index contributed by atoms with van der Waals surface area (Å²) in [4.78, 5) is 18.8. The first kappa shape index (κ1) is 20.5. The lowest BCUT2D eigenvalue weighted by Gasteiger charge is -2.21. The van der Waals surface area contributed by atoms with Crippen LogP contribution >= 0.6 is 0 Å². The van der Waals surface area contributed by atoms with E-state index in [4.69, 9.17) is 14.2 Å². The molecule has 0 bridgehead atoms. The summed E-state index contributed by atoms with van der Waals surface area (Å²) in [5.74, 6) is 1.91. The maximum Gasteiger partial charge on any atom is 0.332 e. The zero-order chi connectivity index (χ0) is 21.6. The van der Waals surface area contributed by atoms with Crippen LogP contribution in [0.15, 0.2) is 83.9 Å². The molecule has 3 aromatic rings. The van der Waals surface area contributed by atoms with Crippen LogP contribution < -0.4 is 14.4 Å². The molecular weight excluding hydrogens is 392 g/mol. The number of aliphatic imine (C=N–C) groups is 1. The molecule has 1 aliphatic rings. The molecule has 0 fully saturated rings. The first-order valence-electron chi connectivity index (χ1n) is 10.0. The molecule has 0 amide bonds. The topological polar surface area (TPSA) is 60.4 Å². The Morgan fingerprint density at radius 1 is 0.935 bits per heavy atom. The number of methoxy groups -OCH3 is 2. The van der Waals surface area contributed by atoms with Crippen LogP contribution in [0.4, 0.5) is 5.69 Å². The lowest BCUT2D eigenvalue weighted by molar-refractivity contribution is -0.141. The Morgan fingerprint density at radius 2 is 1.61 bits per heavy atom. The summed E-state index contributed by atoms with van der Waals surface area (Å²) >= 11 is 0. The SMILES string of the molecule is COC(=O)C1CN(c2ccc(OCc3ccccc3)cc2)C(c2ccc(OC)cc2)=N1. The van der Waals surface area contributed by atoms with Crippen molar-refractivity contribution in [3.63, 3.8) is 0 Å². The number of hydrogen-bond acceptors (Lipinski definition) is 6. The van der Waals surface area contributed by atoms with Gasteiger partial charge < -0.3 is 19.1 Å². The zero-order valence-electron chi connectivity index (χ0n) is 17.5. The number of ether oxygens (including phenoxy) is 3. The molecule has 0 aliphatic carbocycles. The van der Waals surface area contributed by atoms with E-state index in [0.29, 0.717) is 13.2 Å². The minimum absolute atomic E-state index is 0.351. The van der Waals surface area contributed by atoms with Crippen molar-refractivity contribution < 1.29 is 19.0 Å². The average Bonchev–Trinajstić information content (AvgIpc) is 3.29. The minimum atomic E-state index is -0.573. The lowest BCUT2D eigenvalue weighted by Crippen LogP contribution is -2.32. The van der Waals surface area contributed by atoms with Gasteiger partial charge in [0.1, 0.15) is 23.9 Å². The summed E-state index contributed by atoms with van der Waals surface area (Å²) in [5.41, 5.74) is 2.94. The van der Waals surface area contributed by atoms with E-state index in [1.807, 2.05) is 83.8 Å². The molecule has 3 aromatic carbocycles. The minimum Gasteiger partial charge on any atom is -0.497 e. The number of rotatable bonds is 7. The van der Waals surface area contributed by atoms with Crippen molar-refractivity contribution in [3.8, 4) is 11.5 Å².